The minimum Gasteiger partial charge on any atom is -0.489 e. The molecule has 9 nitrogen and oxygen atoms in total. The first-order valence-corrected chi connectivity index (χ1v) is 11.8. The summed E-state index contributed by atoms with van der Waals surface area (Å²) in [4.78, 5) is 15.7. The number of benzene rings is 3. The lowest BCUT2D eigenvalue weighted by Crippen LogP contribution is -2.37. The lowest BCUT2D eigenvalue weighted by molar-refractivity contribution is 0.122. The van der Waals surface area contributed by atoms with Crippen LogP contribution in [0.2, 0.25) is 0 Å². The number of aromatic nitrogens is 3. The van der Waals surface area contributed by atoms with Crippen LogP contribution in [0.1, 0.15) is 11.1 Å². The molecule has 1 aliphatic heterocycles. The monoisotopic (exact) mass is 481 g/mol. The molecule has 0 atom stereocenters. The summed E-state index contributed by atoms with van der Waals surface area (Å²) in [6, 6.07) is 27.6. The van der Waals surface area contributed by atoms with Crippen molar-refractivity contribution in [1.29, 1.82) is 0 Å². The van der Waals surface area contributed by atoms with Gasteiger partial charge in [0.1, 0.15) is 12.4 Å². The van der Waals surface area contributed by atoms with Crippen LogP contribution in [-0.2, 0) is 11.3 Å². The van der Waals surface area contributed by atoms with Crippen molar-refractivity contribution >= 4 is 29.7 Å². The largest absolute Gasteiger partial charge is 0.489 e. The van der Waals surface area contributed by atoms with E-state index in [0.717, 1.165) is 22.6 Å². The molecule has 1 fully saturated rings. The van der Waals surface area contributed by atoms with Gasteiger partial charge in [-0.25, -0.2) is 5.43 Å². The van der Waals surface area contributed by atoms with Crippen LogP contribution < -0.4 is 20.4 Å². The van der Waals surface area contributed by atoms with E-state index in [-0.39, 0.29) is 0 Å². The molecular weight excluding hydrogens is 454 g/mol. The smallest absolute Gasteiger partial charge is 0.250 e. The number of anilines is 4. The lowest BCUT2D eigenvalue weighted by atomic mass is 10.2. The third-order valence-corrected chi connectivity index (χ3v) is 5.43. The first-order chi connectivity index (χ1) is 17.8. The Balaban J connectivity index is 1.28. The topological polar surface area (TPSA) is 96.8 Å². The van der Waals surface area contributed by atoms with Gasteiger partial charge in [-0.15, -0.1) is 0 Å². The average Bonchev–Trinajstić information content (AvgIpc) is 2.94. The molecule has 1 aliphatic rings. The minimum absolute atomic E-state index is 0.345. The summed E-state index contributed by atoms with van der Waals surface area (Å²) in [6.45, 7) is 3.21. The van der Waals surface area contributed by atoms with E-state index in [1.54, 1.807) is 6.21 Å². The summed E-state index contributed by atoms with van der Waals surface area (Å²) >= 11 is 0. The number of nitrogens with one attached hydrogen (secondary N) is 2. The maximum absolute atomic E-state index is 5.91. The predicted molar refractivity (Wildman–Crippen MR) is 141 cm³/mol. The van der Waals surface area contributed by atoms with Crippen molar-refractivity contribution < 1.29 is 9.47 Å². The Kier molecular flexibility index (Phi) is 7.60. The van der Waals surface area contributed by atoms with E-state index < -0.39 is 0 Å². The molecule has 0 spiro atoms. The summed E-state index contributed by atoms with van der Waals surface area (Å²) in [7, 11) is 0. The quantitative estimate of drug-likeness (QED) is 0.267. The zero-order chi connectivity index (χ0) is 24.4. The minimum atomic E-state index is 0.345. The second kappa shape index (κ2) is 11.8. The van der Waals surface area contributed by atoms with E-state index in [9.17, 15) is 0 Å². The van der Waals surface area contributed by atoms with Crippen molar-refractivity contribution in [2.24, 2.45) is 5.10 Å². The predicted octanol–water partition coefficient (Wildman–Crippen LogP) is 4.48. The highest BCUT2D eigenvalue weighted by Gasteiger charge is 2.16. The highest BCUT2D eigenvalue weighted by molar-refractivity contribution is 5.80. The van der Waals surface area contributed by atoms with Gasteiger partial charge in [-0.3, -0.25) is 0 Å². The first-order valence-electron chi connectivity index (χ1n) is 11.8. The maximum atomic E-state index is 5.91. The molecule has 0 saturated carbocycles. The van der Waals surface area contributed by atoms with Gasteiger partial charge in [0.25, 0.3) is 0 Å². The molecule has 1 aromatic heterocycles. The van der Waals surface area contributed by atoms with Gasteiger partial charge >= 0.3 is 0 Å². The average molecular weight is 482 g/mol. The third-order valence-electron chi connectivity index (χ3n) is 5.43. The fourth-order valence-electron chi connectivity index (χ4n) is 3.62. The Morgan fingerprint density at radius 3 is 2.42 bits per heavy atom. The first kappa shape index (κ1) is 23.3. The van der Waals surface area contributed by atoms with Crippen LogP contribution in [-0.4, -0.2) is 47.5 Å². The Hall–Kier alpha value is -4.50. The van der Waals surface area contributed by atoms with Gasteiger partial charge in [0, 0.05) is 18.8 Å². The van der Waals surface area contributed by atoms with Crippen molar-refractivity contribution in [1.82, 2.24) is 15.0 Å². The van der Waals surface area contributed by atoms with Gasteiger partial charge in [-0.1, -0.05) is 60.7 Å². The molecular formula is C27H27N7O2. The second-order valence-electron chi connectivity index (χ2n) is 8.09. The highest BCUT2D eigenvalue weighted by Crippen LogP contribution is 2.19. The molecule has 0 amide bonds. The van der Waals surface area contributed by atoms with Gasteiger partial charge in [-0.2, -0.15) is 20.1 Å². The molecule has 0 radical (unpaired) electrons. The molecule has 0 unspecified atom stereocenters. The number of hydrazone groups is 1. The number of hydrogen-bond donors (Lipinski definition) is 2. The summed E-state index contributed by atoms with van der Waals surface area (Å²) < 4.78 is 11.4. The molecule has 0 aliphatic carbocycles. The van der Waals surface area contributed by atoms with Crippen molar-refractivity contribution in [3.63, 3.8) is 0 Å². The number of para-hydroxylation sites is 1. The third kappa shape index (κ3) is 6.55. The number of rotatable bonds is 9. The normalized spacial score (nSPS) is 13.5. The molecule has 0 bridgehead atoms. The van der Waals surface area contributed by atoms with Crippen LogP contribution >= 0.6 is 0 Å². The van der Waals surface area contributed by atoms with E-state index in [2.05, 4.69) is 35.7 Å². The summed E-state index contributed by atoms with van der Waals surface area (Å²) in [5.41, 5.74) is 5.83. The zero-order valence-corrected chi connectivity index (χ0v) is 19.7. The molecule has 4 aromatic rings. The molecule has 9 heteroatoms. The zero-order valence-electron chi connectivity index (χ0n) is 19.7. The van der Waals surface area contributed by atoms with Crippen LogP contribution in [0.4, 0.5) is 23.5 Å². The molecule has 182 valence electrons. The van der Waals surface area contributed by atoms with Gasteiger partial charge < -0.3 is 19.7 Å². The van der Waals surface area contributed by atoms with Gasteiger partial charge in [0.2, 0.25) is 17.8 Å². The van der Waals surface area contributed by atoms with E-state index >= 15 is 0 Å². The van der Waals surface area contributed by atoms with Crippen LogP contribution in [0, 0.1) is 0 Å². The summed E-state index contributed by atoms with van der Waals surface area (Å²) in [5, 5.41) is 7.59. The molecule has 2 heterocycles. The Morgan fingerprint density at radius 2 is 1.61 bits per heavy atom. The van der Waals surface area contributed by atoms with E-state index in [4.69, 9.17) is 9.47 Å². The van der Waals surface area contributed by atoms with Crippen molar-refractivity contribution in [3.8, 4) is 5.75 Å². The molecule has 36 heavy (non-hydrogen) atoms. The Bertz CT molecular complexity index is 1280. The molecule has 5 rings (SSSR count). The van der Waals surface area contributed by atoms with E-state index in [0.29, 0.717) is 50.8 Å². The van der Waals surface area contributed by atoms with Crippen LogP contribution in [0.5, 0.6) is 5.75 Å². The number of ether oxygens (including phenoxy) is 2. The van der Waals surface area contributed by atoms with Crippen LogP contribution in [0.15, 0.2) is 90.0 Å². The summed E-state index contributed by atoms with van der Waals surface area (Å²) in [5.74, 6) is 2.12. The van der Waals surface area contributed by atoms with Crippen LogP contribution in [0.3, 0.4) is 0 Å². The van der Waals surface area contributed by atoms with Gasteiger partial charge in [-0.05, 0) is 35.4 Å². The maximum Gasteiger partial charge on any atom is 0.250 e. The van der Waals surface area contributed by atoms with Gasteiger partial charge in [0.15, 0.2) is 0 Å². The van der Waals surface area contributed by atoms with Gasteiger partial charge in [0.05, 0.1) is 19.4 Å². The standard InChI is InChI=1S/C27H27N7O2/c1-3-8-21(9-4-1)20-36-24-13-7-10-22(18-24)19-28-33-26-30-25(29-23-11-5-2-6-12-23)31-27(32-26)34-14-16-35-17-15-34/h1-13,18-19H,14-17,20H2,(H2,29,30,31,32,33)/b28-19-. The second-order valence-corrected chi connectivity index (χ2v) is 8.09. The number of hydrogen-bond acceptors (Lipinski definition) is 9. The molecule has 3 aromatic carbocycles. The highest BCUT2D eigenvalue weighted by atomic mass is 16.5. The number of morpholine rings is 1. The fourth-order valence-corrected chi connectivity index (χ4v) is 3.62. The van der Waals surface area contributed by atoms with Crippen molar-refractivity contribution in [3.05, 3.63) is 96.1 Å². The lowest BCUT2D eigenvalue weighted by Gasteiger charge is -2.27. The Morgan fingerprint density at radius 1 is 0.861 bits per heavy atom. The van der Waals surface area contributed by atoms with E-state index in [1.807, 2.05) is 84.9 Å². The van der Waals surface area contributed by atoms with Crippen LogP contribution in [0.25, 0.3) is 0 Å². The molecule has 2 N–H and O–H groups in total. The van der Waals surface area contributed by atoms with E-state index in [1.165, 1.54) is 0 Å². The SMILES string of the molecule is C(=N/Nc1nc(Nc2ccccc2)nc(N2CCOCC2)n1)/c1cccc(OCc2ccccc2)c1. The van der Waals surface area contributed by atoms with Crippen molar-refractivity contribution in [2.75, 3.05) is 41.9 Å². The fraction of sp³-hybridized carbons (Fsp3) is 0.185. The Labute approximate surface area is 209 Å². The molecule has 1 saturated heterocycles. The van der Waals surface area contributed by atoms with Crippen molar-refractivity contribution in [2.45, 2.75) is 6.61 Å². The summed E-state index contributed by atoms with van der Waals surface area (Å²) in [6.07, 6.45) is 1.71. The number of nitrogens with zero attached hydrogens (tertiary/aromatic N) is 5.